The van der Waals surface area contributed by atoms with Crippen LogP contribution in [-0.4, -0.2) is 18.3 Å². The lowest BCUT2D eigenvalue weighted by molar-refractivity contribution is -0.274. The Morgan fingerprint density at radius 3 is 2.52 bits per heavy atom. The summed E-state index contributed by atoms with van der Waals surface area (Å²) in [5.74, 6) is -0.686. The molecule has 0 atom stereocenters. The second-order valence-corrected chi connectivity index (χ2v) is 5.18. The van der Waals surface area contributed by atoms with Gasteiger partial charge in [-0.25, -0.2) is 0 Å². The summed E-state index contributed by atoms with van der Waals surface area (Å²) in [6.07, 6.45) is -1.77. The van der Waals surface area contributed by atoms with Gasteiger partial charge in [-0.15, -0.1) is 13.2 Å². The largest absolute Gasteiger partial charge is 0.573 e. The molecule has 2 rings (SSSR count). The first kappa shape index (κ1) is 15.6. The van der Waals surface area contributed by atoms with Gasteiger partial charge in [-0.05, 0) is 37.8 Å². The summed E-state index contributed by atoms with van der Waals surface area (Å²) in [4.78, 5) is 12.1. The average molecular weight is 302 g/mol. The van der Waals surface area contributed by atoms with Crippen LogP contribution >= 0.6 is 0 Å². The van der Waals surface area contributed by atoms with Gasteiger partial charge in [0.25, 0.3) is 0 Å². The molecular weight excluding hydrogens is 285 g/mol. The van der Waals surface area contributed by atoms with Crippen molar-refractivity contribution in [2.24, 2.45) is 11.7 Å². The van der Waals surface area contributed by atoms with Gasteiger partial charge in [0.2, 0.25) is 5.91 Å². The number of hydrogen-bond donors (Lipinski definition) is 2. The van der Waals surface area contributed by atoms with E-state index in [0.29, 0.717) is 12.8 Å². The van der Waals surface area contributed by atoms with Crippen molar-refractivity contribution in [3.8, 4) is 5.75 Å². The summed E-state index contributed by atoms with van der Waals surface area (Å²) >= 11 is 0. The van der Waals surface area contributed by atoms with Crippen molar-refractivity contribution in [2.45, 2.75) is 38.1 Å². The van der Waals surface area contributed by atoms with Crippen molar-refractivity contribution < 1.29 is 22.7 Å². The summed E-state index contributed by atoms with van der Waals surface area (Å²) in [6, 6.07) is 5.39. The third-order valence-corrected chi connectivity index (χ3v) is 3.48. The van der Waals surface area contributed by atoms with E-state index in [-0.39, 0.29) is 29.3 Å². The minimum absolute atomic E-state index is 0.137. The minimum Gasteiger partial charge on any atom is -0.406 e. The van der Waals surface area contributed by atoms with Crippen LogP contribution in [0.3, 0.4) is 0 Å². The highest BCUT2D eigenvalue weighted by Crippen LogP contribution is 2.27. The molecule has 1 aromatic carbocycles. The molecule has 1 fully saturated rings. The van der Waals surface area contributed by atoms with E-state index in [1.54, 1.807) is 0 Å². The lowest BCUT2D eigenvalue weighted by atomic mass is 9.86. The number of carbonyl (C=O) groups is 1. The number of rotatable bonds is 3. The van der Waals surface area contributed by atoms with Gasteiger partial charge in [0, 0.05) is 23.7 Å². The summed E-state index contributed by atoms with van der Waals surface area (Å²) in [7, 11) is 0. The summed E-state index contributed by atoms with van der Waals surface area (Å²) < 4.78 is 40.2. The van der Waals surface area contributed by atoms with E-state index in [1.807, 2.05) is 0 Å². The lowest BCUT2D eigenvalue weighted by Crippen LogP contribution is -2.32. The van der Waals surface area contributed by atoms with Crippen LogP contribution in [0.2, 0.25) is 0 Å². The molecule has 21 heavy (non-hydrogen) atoms. The Balaban J connectivity index is 1.96. The van der Waals surface area contributed by atoms with Crippen LogP contribution in [0.4, 0.5) is 18.9 Å². The number of halogens is 3. The number of hydrogen-bond acceptors (Lipinski definition) is 3. The number of nitrogens with one attached hydrogen (secondary N) is 1. The van der Waals surface area contributed by atoms with E-state index in [9.17, 15) is 18.0 Å². The molecule has 0 unspecified atom stereocenters. The number of nitrogens with two attached hydrogens (primary N) is 1. The molecule has 1 aromatic rings. The zero-order valence-electron chi connectivity index (χ0n) is 11.3. The zero-order chi connectivity index (χ0) is 15.5. The predicted molar refractivity (Wildman–Crippen MR) is 71.7 cm³/mol. The van der Waals surface area contributed by atoms with Crippen molar-refractivity contribution in [2.75, 3.05) is 5.32 Å². The van der Waals surface area contributed by atoms with E-state index in [4.69, 9.17) is 5.73 Å². The van der Waals surface area contributed by atoms with Crippen LogP contribution in [0.25, 0.3) is 0 Å². The molecule has 7 heteroatoms. The molecule has 0 heterocycles. The Labute approximate surface area is 120 Å². The van der Waals surface area contributed by atoms with E-state index >= 15 is 0 Å². The number of carbonyl (C=O) groups excluding carboxylic acids is 1. The van der Waals surface area contributed by atoms with Gasteiger partial charge in [-0.2, -0.15) is 0 Å². The van der Waals surface area contributed by atoms with Crippen LogP contribution < -0.4 is 15.8 Å². The van der Waals surface area contributed by atoms with Crippen molar-refractivity contribution in [3.05, 3.63) is 24.3 Å². The molecule has 0 aromatic heterocycles. The number of ether oxygens (including phenoxy) is 1. The normalized spacial score (nSPS) is 22.7. The highest BCUT2D eigenvalue weighted by atomic mass is 19.4. The second-order valence-electron chi connectivity index (χ2n) is 5.18. The Morgan fingerprint density at radius 1 is 1.24 bits per heavy atom. The van der Waals surface area contributed by atoms with E-state index in [0.717, 1.165) is 18.9 Å². The lowest BCUT2D eigenvalue weighted by Gasteiger charge is -2.25. The fourth-order valence-corrected chi connectivity index (χ4v) is 2.40. The molecule has 0 bridgehead atoms. The molecule has 1 aliphatic rings. The van der Waals surface area contributed by atoms with Crippen molar-refractivity contribution in [1.29, 1.82) is 0 Å². The van der Waals surface area contributed by atoms with E-state index in [1.165, 1.54) is 18.2 Å². The van der Waals surface area contributed by atoms with Gasteiger partial charge in [-0.1, -0.05) is 6.07 Å². The van der Waals surface area contributed by atoms with Crippen LogP contribution in [-0.2, 0) is 4.79 Å². The summed E-state index contributed by atoms with van der Waals surface area (Å²) in [5.41, 5.74) is 6.06. The highest BCUT2D eigenvalue weighted by molar-refractivity contribution is 5.92. The molecule has 3 N–H and O–H groups in total. The van der Waals surface area contributed by atoms with Crippen LogP contribution in [0.1, 0.15) is 25.7 Å². The molecule has 0 saturated heterocycles. The Kier molecular flexibility index (Phi) is 4.72. The Morgan fingerprint density at radius 2 is 1.90 bits per heavy atom. The molecule has 0 spiro atoms. The molecule has 0 radical (unpaired) electrons. The Hall–Kier alpha value is -1.76. The fourth-order valence-electron chi connectivity index (χ4n) is 2.40. The molecule has 1 amide bonds. The zero-order valence-corrected chi connectivity index (χ0v) is 11.3. The molecular formula is C14H17F3N2O2. The second kappa shape index (κ2) is 6.34. The smallest absolute Gasteiger partial charge is 0.406 e. The van der Waals surface area contributed by atoms with Crippen molar-refractivity contribution >= 4 is 11.6 Å². The maximum Gasteiger partial charge on any atom is 0.573 e. The third kappa shape index (κ3) is 4.93. The minimum atomic E-state index is -4.75. The van der Waals surface area contributed by atoms with Gasteiger partial charge >= 0.3 is 6.36 Å². The number of anilines is 1. The third-order valence-electron chi connectivity index (χ3n) is 3.48. The maximum atomic E-state index is 12.1. The topological polar surface area (TPSA) is 64.4 Å². The van der Waals surface area contributed by atoms with Gasteiger partial charge in [-0.3, -0.25) is 4.79 Å². The van der Waals surface area contributed by atoms with Crippen molar-refractivity contribution in [3.63, 3.8) is 0 Å². The number of amides is 1. The summed E-state index contributed by atoms with van der Waals surface area (Å²) in [5, 5.41) is 2.63. The molecule has 0 aliphatic heterocycles. The van der Waals surface area contributed by atoms with Gasteiger partial charge in [0.1, 0.15) is 5.75 Å². The summed E-state index contributed by atoms with van der Waals surface area (Å²) in [6.45, 7) is 0. The van der Waals surface area contributed by atoms with Gasteiger partial charge in [0.15, 0.2) is 0 Å². The van der Waals surface area contributed by atoms with Gasteiger partial charge in [0.05, 0.1) is 0 Å². The molecule has 1 aliphatic carbocycles. The van der Waals surface area contributed by atoms with Gasteiger partial charge < -0.3 is 15.8 Å². The quantitative estimate of drug-likeness (QED) is 0.902. The number of alkyl halides is 3. The molecule has 116 valence electrons. The highest BCUT2D eigenvalue weighted by Gasteiger charge is 2.31. The molecule has 1 saturated carbocycles. The first-order valence-electron chi connectivity index (χ1n) is 6.76. The molecule has 4 nitrogen and oxygen atoms in total. The maximum absolute atomic E-state index is 12.1. The number of benzene rings is 1. The first-order chi connectivity index (χ1) is 9.83. The fraction of sp³-hybridized carbons (Fsp3) is 0.500. The van der Waals surface area contributed by atoms with E-state index < -0.39 is 6.36 Å². The standard InChI is InChI=1S/C14H17F3N2O2/c15-14(16,17)21-12-3-1-2-11(8-12)19-13(20)9-4-6-10(18)7-5-9/h1-3,8-10H,4-7,18H2,(H,19,20). The monoisotopic (exact) mass is 302 g/mol. The Bertz CT molecular complexity index is 497. The van der Waals surface area contributed by atoms with Crippen molar-refractivity contribution in [1.82, 2.24) is 0 Å². The average Bonchev–Trinajstić information content (AvgIpc) is 2.37. The SMILES string of the molecule is NC1CCC(C(=O)Nc2cccc(OC(F)(F)F)c2)CC1. The first-order valence-corrected chi connectivity index (χ1v) is 6.76. The van der Waals surface area contributed by atoms with Crippen LogP contribution in [0.15, 0.2) is 24.3 Å². The van der Waals surface area contributed by atoms with Crippen LogP contribution in [0, 0.1) is 5.92 Å². The predicted octanol–water partition coefficient (Wildman–Crippen LogP) is 3.04. The van der Waals surface area contributed by atoms with E-state index in [2.05, 4.69) is 10.1 Å². The van der Waals surface area contributed by atoms with Crippen LogP contribution in [0.5, 0.6) is 5.75 Å².